The van der Waals surface area contributed by atoms with Gasteiger partial charge in [-0.25, -0.2) is 14.7 Å². The van der Waals surface area contributed by atoms with Crippen molar-refractivity contribution in [1.29, 1.82) is 0 Å². The van der Waals surface area contributed by atoms with Gasteiger partial charge >= 0.3 is 0 Å². The minimum Gasteiger partial charge on any atom is -0.251 e. The highest BCUT2D eigenvalue weighted by molar-refractivity contribution is 5.07. The minimum absolute atomic E-state index is 0.0289. The van der Waals surface area contributed by atoms with E-state index in [-0.39, 0.29) is 12.2 Å². The smallest absolute Gasteiger partial charge is 0.119 e. The molecule has 0 bridgehead atoms. The summed E-state index contributed by atoms with van der Waals surface area (Å²) in [5.74, 6) is 0. The predicted molar refractivity (Wildman–Crippen MR) is 105 cm³/mol. The second kappa shape index (κ2) is 13.2. The number of rotatable bonds is 3. The van der Waals surface area contributed by atoms with E-state index in [9.17, 15) is 0 Å². The molecule has 0 aliphatic heterocycles. The summed E-state index contributed by atoms with van der Waals surface area (Å²) in [6.45, 7) is 7.65. The molecule has 6 nitrogen and oxygen atoms in total. The molecule has 1 saturated carbocycles. The lowest BCUT2D eigenvalue weighted by atomic mass is 9.93. The van der Waals surface area contributed by atoms with E-state index in [0.29, 0.717) is 0 Å². The third-order valence-electron chi connectivity index (χ3n) is 5.29. The van der Waals surface area contributed by atoms with Crippen molar-refractivity contribution in [2.24, 2.45) is 0 Å². The maximum absolute atomic E-state index is 8.40. The first-order chi connectivity index (χ1) is 13.0. The molecule has 0 aromatic rings. The molecular formula is C21H36O6. The molecule has 6 heteroatoms. The zero-order chi connectivity index (χ0) is 20.1. The van der Waals surface area contributed by atoms with Gasteiger partial charge in [0.25, 0.3) is 0 Å². The van der Waals surface area contributed by atoms with Crippen molar-refractivity contribution in [2.75, 3.05) is 0 Å². The van der Waals surface area contributed by atoms with Gasteiger partial charge in [0.15, 0.2) is 0 Å². The average Bonchev–Trinajstić information content (AvgIpc) is 2.70. The molecule has 0 radical (unpaired) electrons. The average molecular weight is 385 g/mol. The lowest BCUT2D eigenvalue weighted by molar-refractivity contribution is -0.305. The van der Waals surface area contributed by atoms with Crippen LogP contribution in [0.5, 0.6) is 0 Å². The van der Waals surface area contributed by atoms with Crippen molar-refractivity contribution in [3.8, 4) is 0 Å². The molecule has 3 rings (SSSR count). The van der Waals surface area contributed by atoms with Crippen LogP contribution in [0.1, 0.15) is 78.1 Å². The highest BCUT2D eigenvalue weighted by atomic mass is 17.1. The summed E-state index contributed by atoms with van der Waals surface area (Å²) in [6.07, 6.45) is 16.6. The maximum atomic E-state index is 8.40. The second-order valence-electron chi connectivity index (χ2n) is 7.67. The van der Waals surface area contributed by atoms with Crippen molar-refractivity contribution in [1.82, 2.24) is 0 Å². The molecule has 0 aromatic heterocycles. The van der Waals surface area contributed by atoms with E-state index in [0.717, 1.165) is 68.9 Å². The number of hydrogen-bond acceptors (Lipinski definition) is 6. The molecule has 3 aliphatic rings. The van der Waals surface area contributed by atoms with E-state index < -0.39 is 5.60 Å². The van der Waals surface area contributed by atoms with Gasteiger partial charge in [0, 0.05) is 0 Å². The second-order valence-corrected chi connectivity index (χ2v) is 7.67. The van der Waals surface area contributed by atoms with Crippen molar-refractivity contribution in [3.05, 3.63) is 36.0 Å². The lowest BCUT2D eigenvalue weighted by Gasteiger charge is -2.24. The largest absolute Gasteiger partial charge is 0.251 e. The van der Waals surface area contributed by atoms with Crippen LogP contribution in [0, 0.1) is 0 Å². The van der Waals surface area contributed by atoms with Crippen LogP contribution in [0.3, 0.4) is 0 Å². The predicted octanol–water partition coefficient (Wildman–Crippen LogP) is 5.92. The minimum atomic E-state index is -0.405. The SMILES string of the molecule is C=C1CCCCC1OO.CC1(OO)C=CCCC1.CC1=CCCCC1OO. The van der Waals surface area contributed by atoms with Crippen LogP contribution in [0.15, 0.2) is 36.0 Å². The fraction of sp³-hybridized carbons (Fsp3) is 0.714. The van der Waals surface area contributed by atoms with E-state index in [2.05, 4.69) is 27.3 Å². The van der Waals surface area contributed by atoms with Crippen molar-refractivity contribution in [3.63, 3.8) is 0 Å². The Kier molecular flexibility index (Phi) is 11.7. The van der Waals surface area contributed by atoms with E-state index in [1.165, 1.54) is 6.42 Å². The Bertz CT molecular complexity index is 487. The Morgan fingerprint density at radius 3 is 2.11 bits per heavy atom. The fourth-order valence-corrected chi connectivity index (χ4v) is 3.37. The van der Waals surface area contributed by atoms with Crippen LogP contribution in [0.2, 0.25) is 0 Å². The molecule has 0 amide bonds. The fourth-order valence-electron chi connectivity index (χ4n) is 3.37. The van der Waals surface area contributed by atoms with Gasteiger partial charge in [-0.2, -0.15) is 0 Å². The Hall–Kier alpha value is -1.02. The normalized spacial score (nSPS) is 30.4. The molecule has 1 fully saturated rings. The Morgan fingerprint density at radius 2 is 1.70 bits per heavy atom. The van der Waals surface area contributed by atoms with E-state index >= 15 is 0 Å². The van der Waals surface area contributed by atoms with Gasteiger partial charge in [-0.3, -0.25) is 15.8 Å². The van der Waals surface area contributed by atoms with Gasteiger partial charge in [-0.15, -0.1) is 0 Å². The molecule has 0 aromatic carbocycles. The molecular weight excluding hydrogens is 348 g/mol. The first-order valence-electron chi connectivity index (χ1n) is 9.90. The standard InChI is InChI=1S/3C7H12O2/c1-7(9-8)5-3-2-4-6-7;2*1-6-4-2-3-5-7(6)9-8/h3,5,8H,2,4,6H2,1H3;4,7-8H,2-3,5H2,1H3;7-8H,1-5H2. The number of hydrogen-bond donors (Lipinski definition) is 3. The highest BCUT2D eigenvalue weighted by Gasteiger charge is 2.23. The van der Waals surface area contributed by atoms with Crippen LogP contribution in [0.4, 0.5) is 0 Å². The summed E-state index contributed by atoms with van der Waals surface area (Å²) >= 11 is 0. The summed E-state index contributed by atoms with van der Waals surface area (Å²) in [5, 5.41) is 25.0. The first kappa shape index (κ1) is 24.0. The van der Waals surface area contributed by atoms with Crippen LogP contribution in [-0.2, 0) is 14.7 Å². The molecule has 3 unspecified atom stereocenters. The van der Waals surface area contributed by atoms with E-state index in [4.69, 9.17) is 15.8 Å². The van der Waals surface area contributed by atoms with Gasteiger partial charge in [-0.05, 0) is 82.8 Å². The third-order valence-corrected chi connectivity index (χ3v) is 5.29. The van der Waals surface area contributed by atoms with Crippen LogP contribution < -0.4 is 0 Å². The third kappa shape index (κ3) is 9.14. The molecule has 0 saturated heterocycles. The molecule has 0 heterocycles. The molecule has 156 valence electrons. The summed E-state index contributed by atoms with van der Waals surface area (Å²) < 4.78 is 0. The van der Waals surface area contributed by atoms with Crippen molar-refractivity contribution < 1.29 is 30.4 Å². The van der Waals surface area contributed by atoms with E-state index in [1.807, 2.05) is 26.0 Å². The topological polar surface area (TPSA) is 88.4 Å². The first-order valence-corrected chi connectivity index (χ1v) is 9.90. The maximum Gasteiger partial charge on any atom is 0.119 e. The molecule has 3 N–H and O–H groups in total. The quantitative estimate of drug-likeness (QED) is 0.318. The zero-order valence-electron chi connectivity index (χ0n) is 16.7. The van der Waals surface area contributed by atoms with Crippen LogP contribution in [-0.4, -0.2) is 33.6 Å². The van der Waals surface area contributed by atoms with Gasteiger partial charge in [0.2, 0.25) is 0 Å². The van der Waals surface area contributed by atoms with Crippen LogP contribution >= 0.6 is 0 Å². The van der Waals surface area contributed by atoms with Crippen LogP contribution in [0.25, 0.3) is 0 Å². The van der Waals surface area contributed by atoms with Gasteiger partial charge < -0.3 is 0 Å². The molecule has 0 spiro atoms. The summed E-state index contributed by atoms with van der Waals surface area (Å²) in [7, 11) is 0. The summed E-state index contributed by atoms with van der Waals surface area (Å²) in [5.41, 5.74) is 1.78. The highest BCUT2D eigenvalue weighted by Crippen LogP contribution is 2.24. The zero-order valence-corrected chi connectivity index (χ0v) is 16.7. The van der Waals surface area contributed by atoms with Gasteiger partial charge in [-0.1, -0.05) is 31.2 Å². The Morgan fingerprint density at radius 1 is 1.00 bits per heavy atom. The molecule has 27 heavy (non-hydrogen) atoms. The summed E-state index contributed by atoms with van der Waals surface area (Å²) in [4.78, 5) is 12.7. The lowest BCUT2D eigenvalue weighted by Crippen LogP contribution is -2.26. The Balaban J connectivity index is 0.000000202. The van der Waals surface area contributed by atoms with E-state index in [1.54, 1.807) is 0 Å². The molecule has 3 atom stereocenters. The Labute approximate surface area is 162 Å². The van der Waals surface area contributed by atoms with Crippen molar-refractivity contribution in [2.45, 2.75) is 95.9 Å². The van der Waals surface area contributed by atoms with Gasteiger partial charge in [0.1, 0.15) is 17.8 Å². The van der Waals surface area contributed by atoms with Crippen molar-refractivity contribution >= 4 is 0 Å². The number of allylic oxidation sites excluding steroid dienone is 2. The monoisotopic (exact) mass is 384 g/mol. The summed E-state index contributed by atoms with van der Waals surface area (Å²) in [6, 6.07) is 0. The molecule has 3 aliphatic carbocycles. The van der Waals surface area contributed by atoms with Gasteiger partial charge in [0.05, 0.1) is 0 Å².